The van der Waals surface area contributed by atoms with Gasteiger partial charge in [-0.2, -0.15) is 0 Å². The first-order valence-corrected chi connectivity index (χ1v) is 7.21. The maximum Gasteiger partial charge on any atom is 0.122 e. The summed E-state index contributed by atoms with van der Waals surface area (Å²) in [5.74, 6) is 6.70. The molecular formula is C18H24N2O. The number of benzene rings is 2. The molecule has 3 heteroatoms. The van der Waals surface area contributed by atoms with Gasteiger partial charge < -0.3 is 4.74 Å². The predicted molar refractivity (Wildman–Crippen MR) is 87.4 cm³/mol. The fourth-order valence-electron chi connectivity index (χ4n) is 2.77. The second-order valence-electron chi connectivity index (χ2n) is 5.66. The van der Waals surface area contributed by atoms with E-state index < -0.39 is 0 Å². The molecule has 2 rings (SSSR count). The smallest absolute Gasteiger partial charge is 0.122 e. The van der Waals surface area contributed by atoms with Gasteiger partial charge in [-0.3, -0.25) is 11.3 Å². The Hall–Kier alpha value is -1.84. The molecule has 1 atom stereocenters. The molecule has 0 aliphatic rings. The first-order chi connectivity index (χ1) is 10.0. The Morgan fingerprint density at radius 2 is 1.67 bits per heavy atom. The summed E-state index contributed by atoms with van der Waals surface area (Å²) in [7, 11) is 1.70. The highest BCUT2D eigenvalue weighted by Crippen LogP contribution is 2.26. The van der Waals surface area contributed by atoms with Crippen molar-refractivity contribution in [2.45, 2.75) is 33.2 Å². The highest BCUT2D eigenvalue weighted by atomic mass is 16.5. The highest BCUT2D eigenvalue weighted by molar-refractivity contribution is 5.39. The predicted octanol–water partition coefficient (Wildman–Crippen LogP) is 3.37. The Morgan fingerprint density at radius 1 is 1.00 bits per heavy atom. The van der Waals surface area contributed by atoms with Crippen molar-refractivity contribution in [3.05, 3.63) is 64.2 Å². The molecule has 21 heavy (non-hydrogen) atoms. The number of hydrogen-bond donors (Lipinski definition) is 2. The maximum atomic E-state index is 5.79. The number of methoxy groups -OCH3 is 1. The van der Waals surface area contributed by atoms with Gasteiger partial charge in [0.2, 0.25) is 0 Å². The molecule has 0 saturated heterocycles. The van der Waals surface area contributed by atoms with E-state index in [1.54, 1.807) is 7.11 Å². The third-order valence-corrected chi connectivity index (χ3v) is 3.71. The lowest BCUT2D eigenvalue weighted by atomic mass is 9.95. The zero-order chi connectivity index (χ0) is 15.4. The second kappa shape index (κ2) is 6.74. The van der Waals surface area contributed by atoms with Crippen molar-refractivity contribution >= 4 is 0 Å². The lowest BCUT2D eigenvalue weighted by Gasteiger charge is -2.19. The molecule has 0 fully saturated rings. The fourth-order valence-corrected chi connectivity index (χ4v) is 2.77. The molecule has 2 aromatic rings. The van der Waals surface area contributed by atoms with Crippen LogP contribution in [0.3, 0.4) is 0 Å². The molecule has 112 valence electrons. The van der Waals surface area contributed by atoms with Gasteiger partial charge in [-0.25, -0.2) is 0 Å². The summed E-state index contributed by atoms with van der Waals surface area (Å²) in [5.41, 5.74) is 9.04. The van der Waals surface area contributed by atoms with Crippen molar-refractivity contribution < 1.29 is 4.74 Å². The fraction of sp³-hybridized carbons (Fsp3) is 0.333. The third-order valence-electron chi connectivity index (χ3n) is 3.71. The van der Waals surface area contributed by atoms with Crippen molar-refractivity contribution in [3.8, 4) is 5.75 Å². The van der Waals surface area contributed by atoms with Crippen LogP contribution >= 0.6 is 0 Å². The minimum Gasteiger partial charge on any atom is -0.496 e. The van der Waals surface area contributed by atoms with Crippen LogP contribution in [0.15, 0.2) is 36.4 Å². The molecule has 0 aromatic heterocycles. The van der Waals surface area contributed by atoms with Crippen LogP contribution in [0.1, 0.15) is 33.9 Å². The van der Waals surface area contributed by atoms with E-state index in [1.807, 2.05) is 6.07 Å². The number of nitrogens with two attached hydrogens (primary N) is 1. The zero-order valence-electron chi connectivity index (χ0n) is 13.2. The van der Waals surface area contributed by atoms with Gasteiger partial charge in [0.05, 0.1) is 13.2 Å². The van der Waals surface area contributed by atoms with Gasteiger partial charge in [0.25, 0.3) is 0 Å². The number of hydrazine groups is 1. The first kappa shape index (κ1) is 15.5. The first-order valence-electron chi connectivity index (χ1n) is 7.21. The van der Waals surface area contributed by atoms with Crippen LogP contribution in [-0.2, 0) is 6.42 Å². The van der Waals surface area contributed by atoms with Gasteiger partial charge in [0, 0.05) is 0 Å². The molecule has 0 amide bonds. The molecule has 3 nitrogen and oxygen atoms in total. The van der Waals surface area contributed by atoms with Crippen LogP contribution in [0, 0.1) is 20.8 Å². The zero-order valence-corrected chi connectivity index (χ0v) is 13.2. The summed E-state index contributed by atoms with van der Waals surface area (Å²) >= 11 is 0. The summed E-state index contributed by atoms with van der Waals surface area (Å²) in [6.07, 6.45) is 0.796. The molecule has 0 spiro atoms. The minimum atomic E-state index is 0.0688. The average Bonchev–Trinajstić information content (AvgIpc) is 2.43. The van der Waals surface area contributed by atoms with Crippen molar-refractivity contribution in [1.29, 1.82) is 0 Å². The van der Waals surface area contributed by atoms with Crippen LogP contribution in [0.2, 0.25) is 0 Å². The Kier molecular flexibility index (Phi) is 4.99. The molecular weight excluding hydrogens is 260 g/mol. The minimum absolute atomic E-state index is 0.0688. The van der Waals surface area contributed by atoms with Crippen molar-refractivity contribution in [1.82, 2.24) is 5.43 Å². The number of nitrogens with one attached hydrogen (secondary N) is 1. The van der Waals surface area contributed by atoms with Gasteiger partial charge in [0.15, 0.2) is 0 Å². The summed E-state index contributed by atoms with van der Waals surface area (Å²) in [6.45, 7) is 6.30. The number of hydrogen-bond acceptors (Lipinski definition) is 3. The Morgan fingerprint density at radius 3 is 2.24 bits per heavy atom. The maximum absolute atomic E-state index is 5.79. The van der Waals surface area contributed by atoms with Gasteiger partial charge in [-0.05, 0) is 44.4 Å². The van der Waals surface area contributed by atoms with E-state index in [4.69, 9.17) is 10.6 Å². The van der Waals surface area contributed by atoms with Gasteiger partial charge in [-0.1, -0.05) is 47.0 Å². The topological polar surface area (TPSA) is 47.3 Å². The normalized spacial score (nSPS) is 12.2. The van der Waals surface area contributed by atoms with E-state index in [0.717, 1.165) is 12.2 Å². The quantitative estimate of drug-likeness (QED) is 0.653. The molecule has 0 radical (unpaired) electrons. The largest absolute Gasteiger partial charge is 0.496 e. The van der Waals surface area contributed by atoms with Crippen LogP contribution < -0.4 is 16.0 Å². The lowest BCUT2D eigenvalue weighted by Crippen LogP contribution is -2.29. The third kappa shape index (κ3) is 3.84. The van der Waals surface area contributed by atoms with Crippen LogP contribution in [-0.4, -0.2) is 7.11 Å². The second-order valence-corrected chi connectivity index (χ2v) is 5.66. The molecule has 3 N–H and O–H groups in total. The van der Waals surface area contributed by atoms with E-state index in [0.29, 0.717) is 0 Å². The number of aryl methyl sites for hydroxylation is 3. The van der Waals surface area contributed by atoms with Crippen molar-refractivity contribution in [2.75, 3.05) is 7.11 Å². The van der Waals surface area contributed by atoms with Crippen LogP contribution in [0.25, 0.3) is 0 Å². The van der Waals surface area contributed by atoms with E-state index in [9.17, 15) is 0 Å². The molecule has 0 saturated carbocycles. The van der Waals surface area contributed by atoms with Gasteiger partial charge in [-0.15, -0.1) is 0 Å². The SMILES string of the molecule is COc1ccc(C)cc1CC(NN)c1cc(C)cc(C)c1. The van der Waals surface area contributed by atoms with E-state index in [-0.39, 0.29) is 6.04 Å². The summed E-state index contributed by atoms with van der Waals surface area (Å²) in [5, 5.41) is 0. The highest BCUT2D eigenvalue weighted by Gasteiger charge is 2.14. The van der Waals surface area contributed by atoms with E-state index in [2.05, 4.69) is 56.5 Å². The molecule has 0 aliphatic heterocycles. The van der Waals surface area contributed by atoms with Crippen LogP contribution in [0.5, 0.6) is 5.75 Å². The molecule has 1 unspecified atom stereocenters. The molecule has 0 heterocycles. The standard InChI is InChI=1S/C18H24N2O/c1-12-5-6-18(21-4)16(8-12)11-17(20-19)15-9-13(2)7-14(3)10-15/h5-10,17,20H,11,19H2,1-4H3. The van der Waals surface area contributed by atoms with Crippen LogP contribution in [0.4, 0.5) is 0 Å². The number of ether oxygens (including phenoxy) is 1. The summed E-state index contributed by atoms with van der Waals surface area (Å²) in [4.78, 5) is 0. The Labute approximate surface area is 127 Å². The van der Waals surface area contributed by atoms with E-state index >= 15 is 0 Å². The lowest BCUT2D eigenvalue weighted by molar-refractivity contribution is 0.405. The van der Waals surface area contributed by atoms with E-state index in [1.165, 1.54) is 27.8 Å². The van der Waals surface area contributed by atoms with Gasteiger partial charge >= 0.3 is 0 Å². The molecule has 2 aromatic carbocycles. The summed E-state index contributed by atoms with van der Waals surface area (Å²) in [6, 6.07) is 12.8. The van der Waals surface area contributed by atoms with Crippen molar-refractivity contribution in [2.24, 2.45) is 5.84 Å². The number of rotatable bonds is 5. The monoisotopic (exact) mass is 284 g/mol. The summed E-state index contributed by atoms with van der Waals surface area (Å²) < 4.78 is 5.46. The Bertz CT molecular complexity index is 602. The molecule has 0 bridgehead atoms. The Balaban J connectivity index is 2.32. The molecule has 0 aliphatic carbocycles. The van der Waals surface area contributed by atoms with Gasteiger partial charge in [0.1, 0.15) is 5.75 Å². The van der Waals surface area contributed by atoms with Crippen molar-refractivity contribution in [3.63, 3.8) is 0 Å². The average molecular weight is 284 g/mol.